The molecule has 1 saturated heterocycles. The predicted octanol–water partition coefficient (Wildman–Crippen LogP) is 3.69. The van der Waals surface area contributed by atoms with Gasteiger partial charge in [-0.2, -0.15) is 0 Å². The van der Waals surface area contributed by atoms with E-state index in [9.17, 15) is 9.18 Å². The second kappa shape index (κ2) is 6.09. The molecular formula is C13H14BrClFNO2. The van der Waals surface area contributed by atoms with E-state index >= 15 is 0 Å². The normalized spacial score (nSPS) is 16.5. The molecule has 1 aliphatic heterocycles. The van der Waals surface area contributed by atoms with E-state index in [2.05, 4.69) is 15.9 Å². The van der Waals surface area contributed by atoms with E-state index in [0.29, 0.717) is 46.7 Å². The van der Waals surface area contributed by atoms with Gasteiger partial charge in [-0.25, -0.2) is 4.39 Å². The maximum absolute atomic E-state index is 13.1. The van der Waals surface area contributed by atoms with Gasteiger partial charge in [0.25, 0.3) is 5.91 Å². The van der Waals surface area contributed by atoms with E-state index in [-0.39, 0.29) is 5.91 Å². The van der Waals surface area contributed by atoms with Crippen molar-refractivity contribution in [1.29, 1.82) is 0 Å². The highest BCUT2D eigenvalue weighted by Crippen LogP contribution is 2.34. The molecule has 19 heavy (non-hydrogen) atoms. The number of methoxy groups -OCH3 is 1. The first-order valence-corrected chi connectivity index (χ1v) is 7.16. The Morgan fingerprint density at radius 2 is 2.11 bits per heavy atom. The van der Waals surface area contributed by atoms with Crippen LogP contribution in [0.1, 0.15) is 23.2 Å². The molecule has 0 atom stereocenters. The van der Waals surface area contributed by atoms with Gasteiger partial charge in [0.15, 0.2) is 5.75 Å². The van der Waals surface area contributed by atoms with Crippen molar-refractivity contribution < 1.29 is 13.9 Å². The van der Waals surface area contributed by atoms with Gasteiger partial charge in [-0.05, 0) is 40.9 Å². The summed E-state index contributed by atoms with van der Waals surface area (Å²) in [5.41, 5.74) is 0.481. The van der Waals surface area contributed by atoms with Crippen molar-refractivity contribution in [2.75, 3.05) is 20.2 Å². The number of benzene rings is 1. The fraction of sp³-hybridized carbons (Fsp3) is 0.462. The highest BCUT2D eigenvalue weighted by molar-refractivity contribution is 9.10. The number of carbonyl (C=O) groups excluding carboxylic acids is 1. The monoisotopic (exact) mass is 349 g/mol. The standard InChI is InChI=1S/C13H14BrClFNO2/c1-19-12-10(14)6-8(7-11(12)15)13(18)17-4-2-9(16)3-5-17/h6-7,9H,2-5H2,1H3. The highest BCUT2D eigenvalue weighted by Gasteiger charge is 2.24. The van der Waals surface area contributed by atoms with Crippen molar-refractivity contribution in [3.63, 3.8) is 0 Å². The summed E-state index contributed by atoms with van der Waals surface area (Å²) in [7, 11) is 1.51. The molecule has 104 valence electrons. The summed E-state index contributed by atoms with van der Waals surface area (Å²) < 4.78 is 18.8. The van der Waals surface area contributed by atoms with E-state index in [1.54, 1.807) is 17.0 Å². The zero-order valence-corrected chi connectivity index (χ0v) is 12.8. The van der Waals surface area contributed by atoms with E-state index < -0.39 is 6.17 Å². The molecule has 1 aromatic rings. The van der Waals surface area contributed by atoms with Gasteiger partial charge >= 0.3 is 0 Å². The zero-order valence-electron chi connectivity index (χ0n) is 10.5. The average molecular weight is 351 g/mol. The van der Waals surface area contributed by atoms with Crippen LogP contribution in [0.25, 0.3) is 0 Å². The van der Waals surface area contributed by atoms with Gasteiger partial charge < -0.3 is 9.64 Å². The van der Waals surface area contributed by atoms with Crippen LogP contribution in [0.15, 0.2) is 16.6 Å². The average Bonchev–Trinajstić information content (AvgIpc) is 2.38. The summed E-state index contributed by atoms with van der Waals surface area (Å²) in [5, 5.41) is 0.376. The van der Waals surface area contributed by atoms with Crippen LogP contribution in [-0.2, 0) is 0 Å². The SMILES string of the molecule is COc1c(Cl)cc(C(=O)N2CCC(F)CC2)cc1Br. The van der Waals surface area contributed by atoms with E-state index in [4.69, 9.17) is 16.3 Å². The van der Waals surface area contributed by atoms with E-state index in [0.717, 1.165) is 0 Å². The lowest BCUT2D eigenvalue weighted by atomic mass is 10.1. The lowest BCUT2D eigenvalue weighted by Crippen LogP contribution is -2.39. The Balaban J connectivity index is 2.20. The molecule has 1 aromatic carbocycles. The third-order valence-corrected chi connectivity index (χ3v) is 4.03. The summed E-state index contributed by atoms with van der Waals surface area (Å²) in [5.74, 6) is 0.373. The fourth-order valence-corrected chi connectivity index (χ4v) is 3.14. The van der Waals surface area contributed by atoms with Crippen LogP contribution in [0.4, 0.5) is 4.39 Å². The Hall–Kier alpha value is -0.810. The molecule has 0 unspecified atom stereocenters. The van der Waals surface area contributed by atoms with Crippen molar-refractivity contribution in [1.82, 2.24) is 4.90 Å². The van der Waals surface area contributed by atoms with Crippen LogP contribution >= 0.6 is 27.5 Å². The van der Waals surface area contributed by atoms with Crippen LogP contribution in [0.3, 0.4) is 0 Å². The van der Waals surface area contributed by atoms with Crippen molar-refractivity contribution in [3.05, 3.63) is 27.2 Å². The van der Waals surface area contributed by atoms with Gasteiger partial charge in [0.2, 0.25) is 0 Å². The van der Waals surface area contributed by atoms with Gasteiger partial charge in [-0.15, -0.1) is 0 Å². The van der Waals surface area contributed by atoms with Gasteiger partial charge in [-0.3, -0.25) is 4.79 Å². The topological polar surface area (TPSA) is 29.5 Å². The fourth-order valence-electron chi connectivity index (χ4n) is 2.11. The first kappa shape index (κ1) is 14.6. The molecule has 6 heteroatoms. The number of piperidine rings is 1. The Labute approximate surface area is 124 Å². The summed E-state index contributed by atoms with van der Waals surface area (Å²) in [6.45, 7) is 0.891. The second-order valence-corrected chi connectivity index (χ2v) is 5.70. The number of ether oxygens (including phenoxy) is 1. The molecule has 0 bridgehead atoms. The number of alkyl halides is 1. The number of hydrogen-bond donors (Lipinski definition) is 0. The molecule has 1 aliphatic rings. The van der Waals surface area contributed by atoms with Gasteiger partial charge in [-0.1, -0.05) is 11.6 Å². The summed E-state index contributed by atoms with van der Waals surface area (Å²) in [6, 6.07) is 3.25. The second-order valence-electron chi connectivity index (χ2n) is 4.44. The third kappa shape index (κ3) is 3.20. The molecular weight excluding hydrogens is 337 g/mol. The molecule has 1 heterocycles. The minimum absolute atomic E-state index is 0.128. The van der Waals surface area contributed by atoms with Crippen LogP contribution in [-0.4, -0.2) is 37.2 Å². The lowest BCUT2D eigenvalue weighted by Gasteiger charge is -2.28. The van der Waals surface area contributed by atoms with Crippen LogP contribution in [0.2, 0.25) is 5.02 Å². The van der Waals surface area contributed by atoms with Crippen molar-refractivity contribution in [3.8, 4) is 5.75 Å². The van der Waals surface area contributed by atoms with Gasteiger partial charge in [0, 0.05) is 18.7 Å². The highest BCUT2D eigenvalue weighted by atomic mass is 79.9. The lowest BCUT2D eigenvalue weighted by molar-refractivity contribution is 0.0667. The zero-order chi connectivity index (χ0) is 14.0. The number of nitrogens with zero attached hydrogens (tertiary/aromatic N) is 1. The van der Waals surface area contributed by atoms with Crippen LogP contribution in [0.5, 0.6) is 5.75 Å². The molecule has 0 spiro atoms. The summed E-state index contributed by atoms with van der Waals surface area (Å²) in [4.78, 5) is 13.9. The Morgan fingerprint density at radius 1 is 1.47 bits per heavy atom. The molecule has 1 amide bonds. The number of carbonyl (C=O) groups is 1. The van der Waals surface area contributed by atoms with Crippen molar-refractivity contribution >= 4 is 33.4 Å². The smallest absolute Gasteiger partial charge is 0.253 e. The molecule has 3 nitrogen and oxygen atoms in total. The summed E-state index contributed by atoms with van der Waals surface area (Å²) >= 11 is 9.38. The van der Waals surface area contributed by atoms with Crippen molar-refractivity contribution in [2.45, 2.75) is 19.0 Å². The third-order valence-electron chi connectivity index (χ3n) is 3.16. The number of hydrogen-bond acceptors (Lipinski definition) is 2. The molecule has 2 rings (SSSR count). The molecule has 0 N–H and O–H groups in total. The maximum Gasteiger partial charge on any atom is 0.253 e. The predicted molar refractivity (Wildman–Crippen MR) is 75.7 cm³/mol. The number of likely N-dealkylation sites (tertiary alicyclic amines) is 1. The minimum atomic E-state index is -0.796. The Kier molecular flexibility index (Phi) is 4.68. The number of amides is 1. The quantitative estimate of drug-likeness (QED) is 0.814. The largest absolute Gasteiger partial charge is 0.494 e. The molecule has 0 radical (unpaired) electrons. The number of halogens is 3. The Bertz CT molecular complexity index is 467. The van der Waals surface area contributed by atoms with Crippen molar-refractivity contribution in [2.24, 2.45) is 0 Å². The molecule has 0 aromatic heterocycles. The van der Waals surface area contributed by atoms with Crippen LogP contribution < -0.4 is 4.74 Å². The molecule has 1 fully saturated rings. The van der Waals surface area contributed by atoms with E-state index in [1.165, 1.54) is 7.11 Å². The van der Waals surface area contributed by atoms with Gasteiger partial charge in [0.1, 0.15) is 6.17 Å². The first-order valence-electron chi connectivity index (χ1n) is 5.99. The Morgan fingerprint density at radius 3 is 2.63 bits per heavy atom. The van der Waals surface area contributed by atoms with Crippen LogP contribution in [0, 0.1) is 0 Å². The molecule has 0 saturated carbocycles. The minimum Gasteiger partial charge on any atom is -0.494 e. The van der Waals surface area contributed by atoms with Gasteiger partial charge in [0.05, 0.1) is 16.6 Å². The first-order chi connectivity index (χ1) is 9.02. The molecule has 0 aliphatic carbocycles. The number of rotatable bonds is 2. The van der Waals surface area contributed by atoms with E-state index in [1.807, 2.05) is 0 Å². The summed E-state index contributed by atoms with van der Waals surface area (Å²) in [6.07, 6.45) is 0.00313. The maximum atomic E-state index is 13.1.